The van der Waals surface area contributed by atoms with Crippen molar-refractivity contribution in [1.29, 1.82) is 0 Å². The highest BCUT2D eigenvalue weighted by Gasteiger charge is 2.18. The van der Waals surface area contributed by atoms with Crippen LogP contribution in [0, 0.1) is 3.57 Å². The Balaban J connectivity index is 1.84. The molecule has 7 heteroatoms. The molecule has 6 nitrogen and oxygen atoms in total. The van der Waals surface area contributed by atoms with Crippen molar-refractivity contribution in [1.82, 2.24) is 9.97 Å². The molecule has 0 saturated carbocycles. The van der Waals surface area contributed by atoms with E-state index >= 15 is 0 Å². The Morgan fingerprint density at radius 3 is 2.68 bits per heavy atom. The standard InChI is InChI=1S/C18H22IN5O/c1-23(2)16-15(21-17(25)13-7-6-8-14(19)11-13)12-20-18(22-16)24-9-4-3-5-10-24/h6-8,11-12H,3-5,9-10H2,1-2H3,(H,21,25). The zero-order valence-electron chi connectivity index (χ0n) is 14.5. The van der Waals surface area contributed by atoms with Crippen LogP contribution in [-0.2, 0) is 0 Å². The lowest BCUT2D eigenvalue weighted by molar-refractivity contribution is 0.102. The molecule has 0 aliphatic carbocycles. The molecular weight excluding hydrogens is 429 g/mol. The number of piperidine rings is 1. The fraction of sp³-hybridized carbons (Fsp3) is 0.389. The Bertz CT molecular complexity index is 759. The minimum absolute atomic E-state index is 0.157. The van der Waals surface area contributed by atoms with Crippen LogP contribution in [0.4, 0.5) is 17.5 Å². The van der Waals surface area contributed by atoms with Crippen LogP contribution in [-0.4, -0.2) is 43.1 Å². The summed E-state index contributed by atoms with van der Waals surface area (Å²) in [5, 5.41) is 2.94. The lowest BCUT2D eigenvalue weighted by Crippen LogP contribution is -2.31. The lowest BCUT2D eigenvalue weighted by atomic mass is 10.1. The van der Waals surface area contributed by atoms with E-state index in [0.717, 1.165) is 28.4 Å². The van der Waals surface area contributed by atoms with Crippen molar-refractivity contribution >= 4 is 46.0 Å². The third-order valence-corrected chi connectivity index (χ3v) is 4.82. The quantitative estimate of drug-likeness (QED) is 0.723. The molecule has 1 fully saturated rings. The first-order valence-electron chi connectivity index (χ1n) is 8.41. The molecule has 2 heterocycles. The smallest absolute Gasteiger partial charge is 0.255 e. The van der Waals surface area contributed by atoms with Gasteiger partial charge in [-0.25, -0.2) is 4.98 Å². The van der Waals surface area contributed by atoms with Gasteiger partial charge < -0.3 is 15.1 Å². The second-order valence-electron chi connectivity index (χ2n) is 6.31. The Hall–Kier alpha value is -1.90. The number of hydrogen-bond donors (Lipinski definition) is 1. The monoisotopic (exact) mass is 451 g/mol. The van der Waals surface area contributed by atoms with Gasteiger partial charge in [-0.2, -0.15) is 4.98 Å². The van der Waals surface area contributed by atoms with E-state index in [9.17, 15) is 4.79 Å². The van der Waals surface area contributed by atoms with Gasteiger partial charge in [0, 0.05) is 36.3 Å². The normalized spacial score (nSPS) is 14.3. The molecule has 3 rings (SSSR count). The minimum Gasteiger partial charge on any atom is -0.361 e. The highest BCUT2D eigenvalue weighted by Crippen LogP contribution is 2.25. The average molecular weight is 451 g/mol. The summed E-state index contributed by atoms with van der Waals surface area (Å²) in [5.41, 5.74) is 1.24. The fourth-order valence-corrected chi connectivity index (χ4v) is 3.41. The maximum atomic E-state index is 12.5. The van der Waals surface area contributed by atoms with Gasteiger partial charge in [0.1, 0.15) is 5.69 Å². The molecule has 1 amide bonds. The second-order valence-corrected chi connectivity index (χ2v) is 7.56. The van der Waals surface area contributed by atoms with Crippen molar-refractivity contribution in [2.24, 2.45) is 0 Å². The zero-order valence-corrected chi connectivity index (χ0v) is 16.7. The van der Waals surface area contributed by atoms with Crippen molar-refractivity contribution < 1.29 is 4.79 Å². The maximum Gasteiger partial charge on any atom is 0.255 e. The van der Waals surface area contributed by atoms with Crippen LogP contribution in [0.15, 0.2) is 30.5 Å². The summed E-state index contributed by atoms with van der Waals surface area (Å²) in [5.74, 6) is 1.29. The van der Waals surface area contributed by atoms with Gasteiger partial charge in [-0.05, 0) is 60.1 Å². The minimum atomic E-state index is -0.157. The molecule has 1 aromatic carbocycles. The molecule has 1 aliphatic rings. The van der Waals surface area contributed by atoms with Crippen molar-refractivity contribution in [2.45, 2.75) is 19.3 Å². The largest absolute Gasteiger partial charge is 0.361 e. The number of amides is 1. The number of aromatic nitrogens is 2. The van der Waals surface area contributed by atoms with Gasteiger partial charge in [0.15, 0.2) is 5.82 Å². The van der Waals surface area contributed by atoms with Crippen LogP contribution in [0.5, 0.6) is 0 Å². The molecule has 0 atom stereocenters. The highest BCUT2D eigenvalue weighted by molar-refractivity contribution is 14.1. The van der Waals surface area contributed by atoms with Crippen LogP contribution >= 0.6 is 22.6 Å². The molecular formula is C18H22IN5O. The average Bonchev–Trinajstić information content (AvgIpc) is 2.62. The van der Waals surface area contributed by atoms with Gasteiger partial charge >= 0.3 is 0 Å². The van der Waals surface area contributed by atoms with Gasteiger partial charge in [-0.1, -0.05) is 6.07 Å². The number of rotatable bonds is 4. The molecule has 0 unspecified atom stereocenters. The van der Waals surface area contributed by atoms with E-state index in [-0.39, 0.29) is 5.91 Å². The van der Waals surface area contributed by atoms with E-state index in [1.54, 1.807) is 12.3 Å². The molecule has 1 aromatic heterocycles. The van der Waals surface area contributed by atoms with Gasteiger partial charge in [0.25, 0.3) is 5.91 Å². The summed E-state index contributed by atoms with van der Waals surface area (Å²) in [6, 6.07) is 7.49. The lowest BCUT2D eigenvalue weighted by Gasteiger charge is -2.28. The van der Waals surface area contributed by atoms with Crippen molar-refractivity contribution in [3.8, 4) is 0 Å². The van der Waals surface area contributed by atoms with E-state index in [2.05, 4.69) is 42.8 Å². The molecule has 1 saturated heterocycles. The number of carbonyl (C=O) groups excluding carboxylic acids is 1. The van der Waals surface area contributed by atoms with E-state index in [4.69, 9.17) is 0 Å². The van der Waals surface area contributed by atoms with Crippen molar-refractivity contribution in [3.63, 3.8) is 0 Å². The number of nitrogens with one attached hydrogen (secondary N) is 1. The molecule has 1 aliphatic heterocycles. The number of nitrogens with zero attached hydrogens (tertiary/aromatic N) is 4. The maximum absolute atomic E-state index is 12.5. The summed E-state index contributed by atoms with van der Waals surface area (Å²) >= 11 is 2.20. The van der Waals surface area contributed by atoms with Crippen LogP contribution in [0.1, 0.15) is 29.6 Å². The van der Waals surface area contributed by atoms with E-state index in [0.29, 0.717) is 11.3 Å². The molecule has 2 aromatic rings. The Labute approximate surface area is 161 Å². The van der Waals surface area contributed by atoms with Crippen LogP contribution in [0.3, 0.4) is 0 Å². The first kappa shape index (κ1) is 17.9. The van der Waals surface area contributed by atoms with Gasteiger partial charge in [0.2, 0.25) is 5.95 Å². The zero-order chi connectivity index (χ0) is 17.8. The molecule has 25 heavy (non-hydrogen) atoms. The fourth-order valence-electron chi connectivity index (χ4n) is 2.86. The molecule has 132 valence electrons. The summed E-state index contributed by atoms with van der Waals surface area (Å²) in [6.07, 6.45) is 5.32. The predicted molar refractivity (Wildman–Crippen MR) is 110 cm³/mol. The summed E-state index contributed by atoms with van der Waals surface area (Å²) < 4.78 is 1.02. The Morgan fingerprint density at radius 2 is 2.00 bits per heavy atom. The van der Waals surface area contributed by atoms with Gasteiger partial charge in [-0.15, -0.1) is 0 Å². The van der Waals surface area contributed by atoms with E-state index in [1.165, 1.54) is 19.3 Å². The third-order valence-electron chi connectivity index (χ3n) is 4.15. The summed E-state index contributed by atoms with van der Waals surface area (Å²) in [4.78, 5) is 25.8. The van der Waals surface area contributed by atoms with Gasteiger partial charge in [-0.3, -0.25) is 4.79 Å². The summed E-state index contributed by atoms with van der Waals surface area (Å²) in [6.45, 7) is 1.97. The number of benzene rings is 1. The number of anilines is 3. The Morgan fingerprint density at radius 1 is 1.24 bits per heavy atom. The second kappa shape index (κ2) is 7.99. The first-order valence-corrected chi connectivity index (χ1v) is 9.49. The van der Waals surface area contributed by atoms with Crippen molar-refractivity contribution in [2.75, 3.05) is 42.3 Å². The number of carbonyl (C=O) groups is 1. The first-order chi connectivity index (χ1) is 12.0. The third kappa shape index (κ3) is 4.39. The van der Waals surface area contributed by atoms with Crippen LogP contribution < -0.4 is 15.1 Å². The molecule has 0 bridgehead atoms. The highest BCUT2D eigenvalue weighted by atomic mass is 127. The predicted octanol–water partition coefficient (Wildman–Crippen LogP) is 3.39. The topological polar surface area (TPSA) is 61.4 Å². The van der Waals surface area contributed by atoms with Gasteiger partial charge in [0.05, 0.1) is 6.20 Å². The summed E-state index contributed by atoms with van der Waals surface area (Å²) in [7, 11) is 3.84. The molecule has 1 N–H and O–H groups in total. The Kier molecular flexibility index (Phi) is 5.72. The van der Waals surface area contributed by atoms with Crippen LogP contribution in [0.25, 0.3) is 0 Å². The van der Waals surface area contributed by atoms with Crippen LogP contribution in [0.2, 0.25) is 0 Å². The SMILES string of the molecule is CN(C)c1nc(N2CCCCC2)ncc1NC(=O)c1cccc(I)c1. The molecule has 0 radical (unpaired) electrons. The number of hydrogen-bond acceptors (Lipinski definition) is 5. The van der Waals surface area contributed by atoms with E-state index < -0.39 is 0 Å². The van der Waals surface area contributed by atoms with Crippen molar-refractivity contribution in [3.05, 3.63) is 39.6 Å². The number of halogens is 1. The van der Waals surface area contributed by atoms with E-state index in [1.807, 2.05) is 37.2 Å². The molecule has 0 spiro atoms.